The lowest BCUT2D eigenvalue weighted by molar-refractivity contribution is -0.135. The molecule has 0 radical (unpaired) electrons. The Morgan fingerprint density at radius 3 is 2.50 bits per heavy atom. The minimum absolute atomic E-state index is 0.0188. The Morgan fingerprint density at radius 1 is 1.29 bits per heavy atom. The van der Waals surface area contributed by atoms with E-state index in [4.69, 9.17) is 5.41 Å². The first-order valence-electron chi connectivity index (χ1n) is 9.24. The van der Waals surface area contributed by atoms with Gasteiger partial charge in [0.05, 0.1) is 24.2 Å². The van der Waals surface area contributed by atoms with Crippen molar-refractivity contribution in [3.63, 3.8) is 0 Å². The quantitative estimate of drug-likeness (QED) is 0.716. The minimum atomic E-state index is -1.10. The second-order valence-electron chi connectivity index (χ2n) is 7.12. The largest absolute Gasteiger partial charge is 0.388 e. The molecule has 0 spiro atoms. The molecule has 8 nitrogen and oxygen atoms in total. The van der Waals surface area contributed by atoms with Gasteiger partial charge in [0, 0.05) is 27.1 Å². The number of hydrogen-bond acceptors (Lipinski definition) is 6. The number of aliphatic hydroxyl groups is 1. The Kier molecular flexibility index (Phi) is 5.60. The van der Waals surface area contributed by atoms with E-state index in [9.17, 15) is 14.7 Å². The van der Waals surface area contributed by atoms with Crippen LogP contribution in [-0.2, 0) is 9.59 Å². The predicted molar refractivity (Wildman–Crippen MR) is 107 cm³/mol. The smallest absolute Gasteiger partial charge is 0.279 e. The number of nitrogens with one attached hydrogen (secondary N) is 2. The van der Waals surface area contributed by atoms with Gasteiger partial charge < -0.3 is 15.3 Å². The summed E-state index contributed by atoms with van der Waals surface area (Å²) in [7, 11) is 1.72. The van der Waals surface area contributed by atoms with Crippen LogP contribution in [0.4, 0.5) is 0 Å². The summed E-state index contributed by atoms with van der Waals surface area (Å²) in [6, 6.07) is 9.40. The third kappa shape index (κ3) is 3.96. The molecule has 1 aromatic carbocycles. The first kappa shape index (κ1) is 19.8. The van der Waals surface area contributed by atoms with E-state index in [0.717, 1.165) is 5.56 Å². The van der Waals surface area contributed by atoms with Gasteiger partial charge in [-0.25, -0.2) is 4.99 Å². The van der Waals surface area contributed by atoms with Gasteiger partial charge in [0.25, 0.3) is 5.91 Å². The number of rotatable bonds is 4. The molecule has 3 rings (SSSR count). The number of carbonyl (C=O) groups is 2. The van der Waals surface area contributed by atoms with Gasteiger partial charge >= 0.3 is 0 Å². The number of β-amino-alcohol motifs (C(OH)–C–C–N with tert-alkyl or cyclic N) is 1. The van der Waals surface area contributed by atoms with Gasteiger partial charge in [-0.3, -0.25) is 19.9 Å². The van der Waals surface area contributed by atoms with Crippen LogP contribution in [0.3, 0.4) is 0 Å². The van der Waals surface area contributed by atoms with Gasteiger partial charge in [-0.1, -0.05) is 30.3 Å². The normalized spacial score (nSPS) is 21.0. The molecule has 2 amide bonds. The standard InChI is InChI=1S/C20H25N5O3/c1-14(26)24-10-8-20(28,9-11-24)12-25-13-23-18(16(21)19(25)27)17(22-2)15-6-4-3-5-7-15/h3-7,13,21-22,28H,8-12H2,1-2H3/b18-17+,21-16?. The molecular weight excluding hydrogens is 358 g/mol. The topological polar surface area (TPSA) is 109 Å². The highest BCUT2D eigenvalue weighted by molar-refractivity contribution is 6.47. The minimum Gasteiger partial charge on any atom is -0.388 e. The number of hydrogen-bond donors (Lipinski definition) is 3. The first-order chi connectivity index (χ1) is 13.3. The van der Waals surface area contributed by atoms with Crippen LogP contribution in [-0.4, -0.2) is 71.1 Å². The lowest BCUT2D eigenvalue weighted by atomic mass is 9.90. The van der Waals surface area contributed by atoms with Crippen molar-refractivity contribution in [1.29, 1.82) is 5.41 Å². The highest BCUT2D eigenvalue weighted by Crippen LogP contribution is 2.26. The molecule has 0 unspecified atom stereocenters. The number of aliphatic imine (C=N–C) groups is 1. The Balaban J connectivity index is 1.79. The molecule has 0 aromatic heterocycles. The van der Waals surface area contributed by atoms with Crippen molar-refractivity contribution in [2.45, 2.75) is 25.4 Å². The lowest BCUT2D eigenvalue weighted by Crippen LogP contribution is -2.54. The van der Waals surface area contributed by atoms with E-state index in [1.54, 1.807) is 11.9 Å². The van der Waals surface area contributed by atoms with E-state index in [1.165, 1.54) is 18.2 Å². The van der Waals surface area contributed by atoms with E-state index in [1.807, 2.05) is 30.3 Å². The highest BCUT2D eigenvalue weighted by Gasteiger charge is 2.38. The zero-order valence-electron chi connectivity index (χ0n) is 16.1. The average Bonchev–Trinajstić information content (AvgIpc) is 2.69. The van der Waals surface area contributed by atoms with Crippen LogP contribution in [0.5, 0.6) is 0 Å². The van der Waals surface area contributed by atoms with E-state index in [2.05, 4.69) is 10.3 Å². The van der Waals surface area contributed by atoms with Crippen LogP contribution in [0.15, 0.2) is 41.0 Å². The maximum atomic E-state index is 12.7. The molecule has 28 heavy (non-hydrogen) atoms. The molecule has 2 aliphatic rings. The summed E-state index contributed by atoms with van der Waals surface area (Å²) in [6.45, 7) is 2.46. The summed E-state index contributed by atoms with van der Waals surface area (Å²) < 4.78 is 0. The molecule has 3 N–H and O–H groups in total. The van der Waals surface area contributed by atoms with Crippen molar-refractivity contribution in [1.82, 2.24) is 15.1 Å². The predicted octanol–water partition coefficient (Wildman–Crippen LogP) is 0.838. The number of amides is 2. The molecule has 1 fully saturated rings. The van der Waals surface area contributed by atoms with Gasteiger partial charge in [-0.05, 0) is 18.4 Å². The molecular formula is C20H25N5O3. The summed E-state index contributed by atoms with van der Waals surface area (Å²) in [5.41, 5.74) is 0.385. The number of carbonyl (C=O) groups excluding carboxylic acids is 2. The first-order valence-corrected chi connectivity index (χ1v) is 9.24. The second-order valence-corrected chi connectivity index (χ2v) is 7.12. The summed E-state index contributed by atoms with van der Waals surface area (Å²) >= 11 is 0. The molecule has 0 atom stereocenters. The van der Waals surface area contributed by atoms with Crippen molar-refractivity contribution in [3.8, 4) is 0 Å². The number of piperidine rings is 1. The molecule has 0 saturated carbocycles. The SMILES string of the molecule is CN/C(=C1/N=CN(CC2(O)CCN(C(C)=O)CC2)C(=O)C1=N)c1ccccc1. The van der Waals surface area contributed by atoms with Crippen molar-refractivity contribution < 1.29 is 14.7 Å². The third-order valence-electron chi connectivity index (χ3n) is 5.19. The van der Waals surface area contributed by atoms with Gasteiger partial charge in [-0.2, -0.15) is 0 Å². The van der Waals surface area contributed by atoms with E-state index < -0.39 is 11.5 Å². The summed E-state index contributed by atoms with van der Waals surface area (Å²) in [5, 5.41) is 22.2. The number of nitrogens with zero attached hydrogens (tertiary/aromatic N) is 3. The lowest BCUT2D eigenvalue weighted by Gasteiger charge is -2.40. The van der Waals surface area contributed by atoms with E-state index in [-0.39, 0.29) is 23.9 Å². The summed E-state index contributed by atoms with van der Waals surface area (Å²) in [4.78, 5) is 31.5. The Morgan fingerprint density at radius 2 is 1.93 bits per heavy atom. The summed E-state index contributed by atoms with van der Waals surface area (Å²) in [6.07, 6.45) is 2.14. The summed E-state index contributed by atoms with van der Waals surface area (Å²) in [5.74, 6) is -0.522. The van der Waals surface area contributed by atoms with Crippen molar-refractivity contribution in [3.05, 3.63) is 41.6 Å². The highest BCUT2D eigenvalue weighted by atomic mass is 16.3. The Labute approximate surface area is 164 Å². The molecule has 2 aliphatic heterocycles. The molecule has 2 heterocycles. The van der Waals surface area contributed by atoms with Gasteiger partial charge in [0.1, 0.15) is 11.4 Å². The fourth-order valence-electron chi connectivity index (χ4n) is 3.51. The fourth-order valence-corrected chi connectivity index (χ4v) is 3.51. The van der Waals surface area contributed by atoms with Gasteiger partial charge in [0.15, 0.2) is 0 Å². The van der Waals surface area contributed by atoms with Crippen LogP contribution in [0, 0.1) is 5.41 Å². The van der Waals surface area contributed by atoms with Crippen LogP contribution < -0.4 is 5.32 Å². The van der Waals surface area contributed by atoms with Crippen molar-refractivity contribution >= 4 is 29.6 Å². The molecule has 1 saturated heterocycles. The third-order valence-corrected chi connectivity index (χ3v) is 5.19. The van der Waals surface area contributed by atoms with Gasteiger partial charge in [0.2, 0.25) is 5.91 Å². The van der Waals surface area contributed by atoms with Crippen molar-refractivity contribution in [2.75, 3.05) is 26.7 Å². The molecule has 0 bridgehead atoms. The van der Waals surface area contributed by atoms with Gasteiger partial charge in [-0.15, -0.1) is 0 Å². The molecule has 8 heteroatoms. The van der Waals surface area contributed by atoms with Crippen LogP contribution >= 0.6 is 0 Å². The maximum Gasteiger partial charge on any atom is 0.279 e. The Hall–Kier alpha value is -3.00. The van der Waals surface area contributed by atoms with E-state index in [0.29, 0.717) is 31.6 Å². The monoisotopic (exact) mass is 383 g/mol. The van der Waals surface area contributed by atoms with Crippen LogP contribution in [0.25, 0.3) is 5.70 Å². The second kappa shape index (κ2) is 7.93. The Bertz CT molecular complexity index is 839. The van der Waals surface area contributed by atoms with Crippen LogP contribution in [0.1, 0.15) is 25.3 Å². The molecule has 0 aliphatic carbocycles. The van der Waals surface area contributed by atoms with Crippen molar-refractivity contribution in [2.24, 2.45) is 4.99 Å². The van der Waals surface area contributed by atoms with E-state index >= 15 is 0 Å². The molecule has 148 valence electrons. The zero-order valence-corrected chi connectivity index (χ0v) is 16.1. The van der Waals surface area contributed by atoms with Crippen LogP contribution in [0.2, 0.25) is 0 Å². The fraction of sp³-hybridized carbons (Fsp3) is 0.400. The average molecular weight is 383 g/mol. The maximum absolute atomic E-state index is 12.7. The number of likely N-dealkylation sites (tertiary alicyclic amines) is 1. The number of benzene rings is 1. The molecule has 1 aromatic rings. The zero-order chi connectivity index (χ0) is 20.3.